The molecule has 0 radical (unpaired) electrons. The predicted molar refractivity (Wildman–Crippen MR) is 53.0 cm³/mol. The summed E-state index contributed by atoms with van der Waals surface area (Å²) in [5.74, 6) is 5.76. The normalized spacial score (nSPS) is 8.33. The summed E-state index contributed by atoms with van der Waals surface area (Å²) in [4.78, 5) is 7.81. The molecular weight excluding hydrogens is 172 g/mol. The summed E-state index contributed by atoms with van der Waals surface area (Å²) in [5, 5.41) is 0.906. The number of nitrogen functional groups attached to an aromatic ring is 1. The van der Waals surface area contributed by atoms with Crippen molar-refractivity contribution in [3.05, 3.63) is 12.4 Å². The lowest BCUT2D eigenvalue weighted by atomic mass is 10.6. The first-order valence-corrected chi connectivity index (χ1v) is 4.92. The Bertz CT molecular complexity index is 197. The van der Waals surface area contributed by atoms with Crippen molar-refractivity contribution in [2.75, 3.05) is 11.7 Å². The molecule has 0 bridgehead atoms. The predicted octanol–water partition coefficient (Wildman–Crippen LogP) is 1.51. The van der Waals surface area contributed by atoms with E-state index in [2.05, 4.69) is 15.4 Å². The SMILES string of the molecule is CC.CSc1cc(NN)ncn1. The number of hydrogen-bond acceptors (Lipinski definition) is 5. The molecule has 3 N–H and O–H groups in total. The molecule has 0 aliphatic heterocycles. The van der Waals surface area contributed by atoms with Crippen molar-refractivity contribution in [3.63, 3.8) is 0 Å². The molecule has 1 heterocycles. The molecule has 0 fully saturated rings. The lowest BCUT2D eigenvalue weighted by Gasteiger charge is -1.98. The number of hydrogen-bond donors (Lipinski definition) is 2. The van der Waals surface area contributed by atoms with Gasteiger partial charge in [-0.05, 0) is 6.26 Å². The molecule has 68 valence electrons. The van der Waals surface area contributed by atoms with Crippen LogP contribution in [-0.2, 0) is 0 Å². The van der Waals surface area contributed by atoms with Crippen LogP contribution in [0.1, 0.15) is 13.8 Å². The van der Waals surface area contributed by atoms with Crippen LogP contribution in [0, 0.1) is 0 Å². The van der Waals surface area contributed by atoms with Gasteiger partial charge in [0.2, 0.25) is 0 Å². The zero-order chi connectivity index (χ0) is 9.40. The molecule has 0 saturated heterocycles. The van der Waals surface area contributed by atoms with Gasteiger partial charge in [0.15, 0.2) is 0 Å². The van der Waals surface area contributed by atoms with Gasteiger partial charge in [-0.25, -0.2) is 15.8 Å². The Balaban J connectivity index is 0.000000561. The van der Waals surface area contributed by atoms with Crippen LogP contribution in [0.15, 0.2) is 17.4 Å². The van der Waals surface area contributed by atoms with E-state index in [1.54, 1.807) is 17.8 Å². The van der Waals surface area contributed by atoms with E-state index in [-0.39, 0.29) is 0 Å². The minimum absolute atomic E-state index is 0.638. The molecule has 0 aliphatic rings. The van der Waals surface area contributed by atoms with Gasteiger partial charge in [-0.3, -0.25) is 0 Å². The summed E-state index contributed by atoms with van der Waals surface area (Å²) in [6.07, 6.45) is 3.42. The van der Waals surface area contributed by atoms with E-state index in [0.717, 1.165) is 5.03 Å². The monoisotopic (exact) mass is 186 g/mol. The molecular formula is C7H14N4S. The van der Waals surface area contributed by atoms with Crippen molar-refractivity contribution in [3.8, 4) is 0 Å². The lowest BCUT2D eigenvalue weighted by molar-refractivity contribution is 1.04. The highest BCUT2D eigenvalue weighted by Gasteiger charge is 1.92. The van der Waals surface area contributed by atoms with Crippen LogP contribution in [0.4, 0.5) is 5.82 Å². The molecule has 0 amide bonds. The Hall–Kier alpha value is -0.810. The van der Waals surface area contributed by atoms with Crippen LogP contribution in [0.3, 0.4) is 0 Å². The summed E-state index contributed by atoms with van der Waals surface area (Å²) in [7, 11) is 0. The lowest BCUT2D eigenvalue weighted by Crippen LogP contribution is -2.08. The third-order valence-electron chi connectivity index (χ3n) is 0.999. The van der Waals surface area contributed by atoms with Gasteiger partial charge in [0.1, 0.15) is 17.2 Å². The minimum atomic E-state index is 0.638. The molecule has 12 heavy (non-hydrogen) atoms. The average Bonchev–Trinajstić information content (AvgIpc) is 2.21. The van der Waals surface area contributed by atoms with Crippen LogP contribution in [0.2, 0.25) is 0 Å². The van der Waals surface area contributed by atoms with E-state index < -0.39 is 0 Å². The van der Waals surface area contributed by atoms with Gasteiger partial charge < -0.3 is 5.43 Å². The maximum absolute atomic E-state index is 5.12. The molecule has 0 unspecified atom stereocenters. The molecule has 0 spiro atoms. The van der Waals surface area contributed by atoms with Gasteiger partial charge in [0.05, 0.1) is 0 Å². The Morgan fingerprint density at radius 1 is 1.42 bits per heavy atom. The minimum Gasteiger partial charge on any atom is -0.308 e. The van der Waals surface area contributed by atoms with Crippen LogP contribution >= 0.6 is 11.8 Å². The second kappa shape index (κ2) is 6.87. The highest BCUT2D eigenvalue weighted by molar-refractivity contribution is 7.98. The summed E-state index contributed by atoms with van der Waals surface area (Å²) in [5.41, 5.74) is 2.44. The van der Waals surface area contributed by atoms with Crippen molar-refractivity contribution < 1.29 is 0 Å². The standard InChI is InChI=1S/C5H8N4S.C2H6/c1-10-5-2-4(9-6)7-3-8-5;1-2/h2-3H,6H2,1H3,(H,7,8,9);1-2H3. The Kier molecular flexibility index (Phi) is 6.41. The molecule has 1 aromatic heterocycles. The number of anilines is 1. The maximum Gasteiger partial charge on any atom is 0.144 e. The van der Waals surface area contributed by atoms with Crippen molar-refractivity contribution in [2.24, 2.45) is 5.84 Å². The second-order valence-corrected chi connectivity index (χ2v) is 2.42. The number of hydrazine groups is 1. The first kappa shape index (κ1) is 11.2. The van der Waals surface area contributed by atoms with E-state index >= 15 is 0 Å². The number of aromatic nitrogens is 2. The number of nitrogens with one attached hydrogen (secondary N) is 1. The van der Waals surface area contributed by atoms with E-state index in [1.165, 1.54) is 6.33 Å². The Morgan fingerprint density at radius 3 is 2.58 bits per heavy atom. The van der Waals surface area contributed by atoms with Gasteiger partial charge in [-0.2, -0.15) is 0 Å². The van der Waals surface area contributed by atoms with Crippen molar-refractivity contribution in [1.29, 1.82) is 0 Å². The first-order valence-electron chi connectivity index (χ1n) is 3.69. The zero-order valence-corrected chi connectivity index (χ0v) is 8.35. The molecule has 0 atom stereocenters. The molecule has 5 heteroatoms. The number of nitrogens with zero attached hydrogens (tertiary/aromatic N) is 2. The van der Waals surface area contributed by atoms with Crippen molar-refractivity contribution in [1.82, 2.24) is 9.97 Å². The summed E-state index contributed by atoms with van der Waals surface area (Å²) in [6, 6.07) is 1.78. The fourth-order valence-electron chi connectivity index (χ4n) is 0.530. The molecule has 0 aliphatic carbocycles. The highest BCUT2D eigenvalue weighted by atomic mass is 32.2. The van der Waals surface area contributed by atoms with E-state index in [4.69, 9.17) is 5.84 Å². The van der Waals surface area contributed by atoms with Gasteiger partial charge in [0, 0.05) is 6.07 Å². The van der Waals surface area contributed by atoms with Crippen molar-refractivity contribution in [2.45, 2.75) is 18.9 Å². The third kappa shape index (κ3) is 3.54. The number of thioether (sulfide) groups is 1. The maximum atomic E-state index is 5.12. The van der Waals surface area contributed by atoms with E-state index in [1.807, 2.05) is 20.1 Å². The van der Waals surface area contributed by atoms with Gasteiger partial charge >= 0.3 is 0 Å². The van der Waals surface area contributed by atoms with Gasteiger partial charge in [-0.1, -0.05) is 13.8 Å². The topological polar surface area (TPSA) is 63.8 Å². The average molecular weight is 186 g/mol. The van der Waals surface area contributed by atoms with E-state index in [9.17, 15) is 0 Å². The van der Waals surface area contributed by atoms with Crippen LogP contribution in [0.25, 0.3) is 0 Å². The number of rotatable bonds is 2. The van der Waals surface area contributed by atoms with Gasteiger partial charge in [-0.15, -0.1) is 11.8 Å². The zero-order valence-electron chi connectivity index (χ0n) is 7.53. The van der Waals surface area contributed by atoms with E-state index in [0.29, 0.717) is 5.82 Å². The summed E-state index contributed by atoms with van der Waals surface area (Å²) in [6.45, 7) is 4.00. The Morgan fingerprint density at radius 2 is 2.08 bits per heavy atom. The molecule has 1 aromatic rings. The third-order valence-corrected chi connectivity index (χ3v) is 1.64. The smallest absolute Gasteiger partial charge is 0.144 e. The molecule has 0 aromatic carbocycles. The first-order chi connectivity index (χ1) is 5.86. The summed E-state index contributed by atoms with van der Waals surface area (Å²) >= 11 is 1.55. The van der Waals surface area contributed by atoms with Crippen LogP contribution in [0.5, 0.6) is 0 Å². The highest BCUT2D eigenvalue weighted by Crippen LogP contribution is 2.12. The quantitative estimate of drug-likeness (QED) is 0.317. The summed E-state index contributed by atoms with van der Waals surface area (Å²) < 4.78 is 0. The van der Waals surface area contributed by atoms with Crippen molar-refractivity contribution >= 4 is 17.6 Å². The fraction of sp³-hybridized carbons (Fsp3) is 0.429. The largest absolute Gasteiger partial charge is 0.308 e. The van der Waals surface area contributed by atoms with Gasteiger partial charge in [0.25, 0.3) is 0 Å². The molecule has 0 saturated carbocycles. The fourth-order valence-corrected chi connectivity index (χ4v) is 0.912. The Labute approximate surface area is 77.0 Å². The number of nitrogens with two attached hydrogens (primary N) is 1. The molecule has 4 nitrogen and oxygen atoms in total. The van der Waals surface area contributed by atoms with Crippen LogP contribution in [-0.4, -0.2) is 16.2 Å². The van der Waals surface area contributed by atoms with Crippen LogP contribution < -0.4 is 11.3 Å². The second-order valence-electron chi connectivity index (χ2n) is 1.59. The molecule has 1 rings (SSSR count).